The Kier molecular flexibility index (Phi) is 17.5. The molecule has 1 amide bonds. The predicted octanol–water partition coefficient (Wildman–Crippen LogP) is 2.25. The van der Waals surface area contributed by atoms with Crippen molar-refractivity contribution in [1.29, 1.82) is 0 Å². The van der Waals surface area contributed by atoms with Crippen LogP contribution in [0.5, 0.6) is 0 Å². The fraction of sp³-hybridized carbons (Fsp3) is 0.714. The zero-order valence-corrected chi connectivity index (χ0v) is 12.8. The fourth-order valence-electron chi connectivity index (χ4n) is 1.28. The average molecular weight is 270 g/mol. The summed E-state index contributed by atoms with van der Waals surface area (Å²) in [7, 11) is 0. The Morgan fingerprint density at radius 3 is 2.53 bits per heavy atom. The molecule has 0 spiro atoms. The molecule has 1 heterocycles. The largest absolute Gasteiger partial charge is 0.356 e. The van der Waals surface area contributed by atoms with Gasteiger partial charge in [-0.25, -0.2) is 4.98 Å². The molecule has 0 aromatic carbocycles. The van der Waals surface area contributed by atoms with Gasteiger partial charge >= 0.3 is 0 Å². The van der Waals surface area contributed by atoms with Crippen LogP contribution in [0.15, 0.2) is 12.5 Å². The van der Waals surface area contributed by atoms with Crippen molar-refractivity contribution in [2.75, 3.05) is 13.1 Å². The number of hydrogen-bond donors (Lipinski definition) is 3. The van der Waals surface area contributed by atoms with Crippen LogP contribution in [-0.4, -0.2) is 29.0 Å². The van der Waals surface area contributed by atoms with Gasteiger partial charge in [0, 0.05) is 31.3 Å². The highest BCUT2D eigenvalue weighted by Gasteiger charge is 2.00. The topological polar surface area (TPSA) is 83.8 Å². The zero-order valence-electron chi connectivity index (χ0n) is 12.8. The van der Waals surface area contributed by atoms with Gasteiger partial charge in [-0.2, -0.15) is 0 Å². The summed E-state index contributed by atoms with van der Waals surface area (Å²) in [6.45, 7) is 9.31. The standard InChI is InChI=1S/C10H18N4O.2C2H6/c11-5-2-1-3-10(15)13-6-4-9-7-12-8-14-9;2*1-2/h7-8H,1-6,11H2,(H,12,14)(H,13,15);2*1-2H3. The van der Waals surface area contributed by atoms with E-state index >= 15 is 0 Å². The summed E-state index contributed by atoms with van der Waals surface area (Å²) in [6, 6.07) is 0. The van der Waals surface area contributed by atoms with Gasteiger partial charge in [-0.1, -0.05) is 27.7 Å². The van der Waals surface area contributed by atoms with E-state index in [1.54, 1.807) is 12.5 Å². The Hall–Kier alpha value is -1.36. The van der Waals surface area contributed by atoms with Crippen LogP contribution < -0.4 is 11.1 Å². The van der Waals surface area contributed by atoms with Crippen molar-refractivity contribution in [1.82, 2.24) is 15.3 Å². The van der Waals surface area contributed by atoms with Crippen LogP contribution in [0.2, 0.25) is 0 Å². The molecule has 0 unspecified atom stereocenters. The molecular formula is C14H30N4O. The van der Waals surface area contributed by atoms with Gasteiger partial charge in [-0.05, 0) is 19.4 Å². The van der Waals surface area contributed by atoms with E-state index in [1.807, 2.05) is 27.7 Å². The first kappa shape index (κ1) is 20.0. The first-order valence-corrected chi connectivity index (χ1v) is 7.27. The van der Waals surface area contributed by atoms with Crippen LogP contribution in [0.1, 0.15) is 52.7 Å². The number of amides is 1. The lowest BCUT2D eigenvalue weighted by Gasteiger charge is -2.03. The van der Waals surface area contributed by atoms with Gasteiger partial charge in [-0.3, -0.25) is 4.79 Å². The number of carbonyl (C=O) groups excluding carboxylic acids is 1. The summed E-state index contributed by atoms with van der Waals surface area (Å²) in [5.41, 5.74) is 6.38. The van der Waals surface area contributed by atoms with Crippen molar-refractivity contribution in [2.24, 2.45) is 5.73 Å². The molecule has 1 rings (SSSR count). The molecule has 0 radical (unpaired) electrons. The van der Waals surface area contributed by atoms with Crippen molar-refractivity contribution in [3.05, 3.63) is 18.2 Å². The Morgan fingerprint density at radius 2 is 2.00 bits per heavy atom. The summed E-state index contributed by atoms with van der Waals surface area (Å²) in [5.74, 6) is 0.1000. The van der Waals surface area contributed by atoms with Crippen molar-refractivity contribution in [3.8, 4) is 0 Å². The Balaban J connectivity index is 0. The number of aromatic nitrogens is 2. The summed E-state index contributed by atoms with van der Waals surface area (Å²) in [6.07, 6.45) is 6.54. The molecule has 4 N–H and O–H groups in total. The average Bonchev–Trinajstić information content (AvgIpc) is 2.97. The number of imidazole rings is 1. The molecule has 5 nitrogen and oxygen atoms in total. The van der Waals surface area contributed by atoms with Gasteiger partial charge in [0.25, 0.3) is 0 Å². The number of H-pyrrole nitrogens is 1. The minimum Gasteiger partial charge on any atom is -0.356 e. The van der Waals surface area contributed by atoms with Gasteiger partial charge in [0.05, 0.1) is 6.33 Å². The van der Waals surface area contributed by atoms with Crippen LogP contribution in [0.4, 0.5) is 0 Å². The number of aromatic amines is 1. The number of nitrogens with two attached hydrogens (primary N) is 1. The summed E-state index contributed by atoms with van der Waals surface area (Å²) in [4.78, 5) is 18.2. The molecule has 0 saturated carbocycles. The lowest BCUT2D eigenvalue weighted by atomic mass is 10.2. The number of rotatable bonds is 7. The Labute approximate surface area is 117 Å². The third-order valence-corrected chi connectivity index (χ3v) is 2.13. The second kappa shape index (κ2) is 16.6. The summed E-state index contributed by atoms with van der Waals surface area (Å²) < 4.78 is 0. The van der Waals surface area contributed by atoms with E-state index in [2.05, 4.69) is 15.3 Å². The van der Waals surface area contributed by atoms with Crippen molar-refractivity contribution in [2.45, 2.75) is 53.4 Å². The molecule has 5 heteroatoms. The second-order valence-electron chi connectivity index (χ2n) is 3.42. The molecule has 19 heavy (non-hydrogen) atoms. The van der Waals surface area contributed by atoms with Gasteiger partial charge in [0.15, 0.2) is 0 Å². The third-order valence-electron chi connectivity index (χ3n) is 2.13. The first-order valence-electron chi connectivity index (χ1n) is 7.27. The van der Waals surface area contributed by atoms with E-state index in [1.165, 1.54) is 0 Å². The maximum atomic E-state index is 11.3. The summed E-state index contributed by atoms with van der Waals surface area (Å²) >= 11 is 0. The highest BCUT2D eigenvalue weighted by molar-refractivity contribution is 5.75. The van der Waals surface area contributed by atoms with E-state index < -0.39 is 0 Å². The van der Waals surface area contributed by atoms with Crippen molar-refractivity contribution >= 4 is 5.91 Å². The fourth-order valence-corrected chi connectivity index (χ4v) is 1.28. The number of nitrogens with one attached hydrogen (secondary N) is 2. The number of unbranched alkanes of at least 4 members (excludes halogenated alkanes) is 1. The molecule has 112 valence electrons. The van der Waals surface area contributed by atoms with Crippen molar-refractivity contribution in [3.63, 3.8) is 0 Å². The molecule has 0 bridgehead atoms. The minimum atomic E-state index is 0.1000. The van der Waals surface area contributed by atoms with Crippen LogP contribution in [0, 0.1) is 0 Å². The highest BCUT2D eigenvalue weighted by atomic mass is 16.1. The van der Waals surface area contributed by atoms with Gasteiger partial charge in [0.2, 0.25) is 5.91 Å². The normalized spacial score (nSPS) is 8.68. The molecule has 0 fully saturated rings. The van der Waals surface area contributed by atoms with Crippen LogP contribution in [-0.2, 0) is 11.2 Å². The molecule has 0 atom stereocenters. The SMILES string of the molecule is CC.CC.NCCCCC(=O)NCCc1cnc[nH]1. The molecule has 1 aromatic heterocycles. The van der Waals surface area contributed by atoms with Gasteiger partial charge in [0.1, 0.15) is 0 Å². The quantitative estimate of drug-likeness (QED) is 0.664. The number of nitrogens with zero attached hydrogens (tertiary/aromatic N) is 1. The maximum absolute atomic E-state index is 11.3. The monoisotopic (exact) mass is 270 g/mol. The van der Waals surface area contributed by atoms with E-state index in [4.69, 9.17) is 5.73 Å². The van der Waals surface area contributed by atoms with Gasteiger partial charge < -0.3 is 16.0 Å². The molecule has 0 aliphatic carbocycles. The van der Waals surface area contributed by atoms with E-state index in [0.717, 1.165) is 25.0 Å². The highest BCUT2D eigenvalue weighted by Crippen LogP contribution is 1.94. The molecular weight excluding hydrogens is 240 g/mol. The smallest absolute Gasteiger partial charge is 0.220 e. The van der Waals surface area contributed by atoms with Crippen LogP contribution in [0.25, 0.3) is 0 Å². The van der Waals surface area contributed by atoms with Gasteiger partial charge in [-0.15, -0.1) is 0 Å². The van der Waals surface area contributed by atoms with E-state index in [0.29, 0.717) is 19.5 Å². The van der Waals surface area contributed by atoms with E-state index in [-0.39, 0.29) is 5.91 Å². The van der Waals surface area contributed by atoms with Crippen molar-refractivity contribution < 1.29 is 4.79 Å². The first-order chi connectivity index (χ1) is 9.33. The third kappa shape index (κ3) is 12.9. The zero-order chi connectivity index (χ0) is 14.9. The molecule has 0 aliphatic rings. The molecule has 0 saturated heterocycles. The maximum Gasteiger partial charge on any atom is 0.220 e. The number of hydrogen-bond acceptors (Lipinski definition) is 3. The van der Waals surface area contributed by atoms with E-state index in [9.17, 15) is 4.79 Å². The summed E-state index contributed by atoms with van der Waals surface area (Å²) in [5, 5.41) is 2.85. The lowest BCUT2D eigenvalue weighted by Crippen LogP contribution is -2.25. The van der Waals surface area contributed by atoms with Crippen LogP contribution in [0.3, 0.4) is 0 Å². The predicted molar refractivity (Wildman–Crippen MR) is 80.9 cm³/mol. The minimum absolute atomic E-state index is 0.1000. The Bertz CT molecular complexity index is 273. The Morgan fingerprint density at radius 1 is 1.32 bits per heavy atom. The molecule has 0 aliphatic heterocycles. The van der Waals surface area contributed by atoms with Crippen LogP contribution >= 0.6 is 0 Å². The lowest BCUT2D eigenvalue weighted by molar-refractivity contribution is -0.121. The molecule has 1 aromatic rings. The number of carbonyl (C=O) groups is 1. The second-order valence-corrected chi connectivity index (χ2v) is 3.42.